The lowest BCUT2D eigenvalue weighted by molar-refractivity contribution is 0.230. The number of aliphatic hydroxyl groups is 1. The first-order valence-electron chi connectivity index (χ1n) is 4.74. The molecular weight excluding hydrogens is 214 g/mol. The average Bonchev–Trinajstić information content (AvgIpc) is 2.67. The normalized spacial score (nSPS) is 12.1. The van der Waals surface area contributed by atoms with Gasteiger partial charge in [-0.25, -0.2) is 9.78 Å². The van der Waals surface area contributed by atoms with E-state index in [0.717, 1.165) is 5.69 Å². The Morgan fingerprint density at radius 1 is 1.73 bits per heavy atom. The lowest BCUT2D eigenvalue weighted by Gasteiger charge is -2.12. The fourth-order valence-electron chi connectivity index (χ4n) is 1.04. The molecule has 0 fully saturated rings. The van der Waals surface area contributed by atoms with Crippen molar-refractivity contribution in [2.75, 3.05) is 6.61 Å². The van der Waals surface area contributed by atoms with Gasteiger partial charge in [0.15, 0.2) is 0 Å². The topological polar surface area (TPSA) is 74.2 Å². The van der Waals surface area contributed by atoms with Crippen LogP contribution in [0, 0.1) is 0 Å². The van der Waals surface area contributed by atoms with Crippen molar-refractivity contribution in [3.8, 4) is 0 Å². The third kappa shape index (κ3) is 4.75. The van der Waals surface area contributed by atoms with Gasteiger partial charge in [-0.2, -0.15) is 0 Å². The largest absolute Gasteiger partial charge is 0.396 e. The SMILES string of the molecule is C[C@H](CCO)NC(=O)NCc1cscn1. The van der Waals surface area contributed by atoms with E-state index < -0.39 is 0 Å². The van der Waals surface area contributed by atoms with Crippen molar-refractivity contribution in [1.29, 1.82) is 0 Å². The maximum absolute atomic E-state index is 11.3. The highest BCUT2D eigenvalue weighted by molar-refractivity contribution is 7.07. The molecule has 0 aromatic carbocycles. The molecule has 2 amide bonds. The number of aliphatic hydroxyl groups excluding tert-OH is 1. The van der Waals surface area contributed by atoms with Crippen molar-refractivity contribution in [3.63, 3.8) is 0 Å². The fraction of sp³-hybridized carbons (Fsp3) is 0.556. The number of hydrogen-bond acceptors (Lipinski definition) is 4. The highest BCUT2D eigenvalue weighted by Gasteiger charge is 2.06. The summed E-state index contributed by atoms with van der Waals surface area (Å²) in [6.07, 6.45) is 0.560. The van der Waals surface area contributed by atoms with Crippen LogP contribution in [-0.4, -0.2) is 28.8 Å². The average molecular weight is 229 g/mol. The van der Waals surface area contributed by atoms with Gasteiger partial charge in [0.2, 0.25) is 0 Å². The summed E-state index contributed by atoms with van der Waals surface area (Å²) in [6, 6.07) is -0.255. The van der Waals surface area contributed by atoms with Crippen molar-refractivity contribution >= 4 is 17.4 Å². The number of urea groups is 1. The molecule has 1 heterocycles. The zero-order valence-electron chi connectivity index (χ0n) is 8.56. The molecule has 84 valence electrons. The van der Waals surface area contributed by atoms with E-state index in [2.05, 4.69) is 15.6 Å². The van der Waals surface area contributed by atoms with Crippen LogP contribution in [0.5, 0.6) is 0 Å². The number of nitrogens with one attached hydrogen (secondary N) is 2. The molecule has 15 heavy (non-hydrogen) atoms. The molecule has 3 N–H and O–H groups in total. The van der Waals surface area contributed by atoms with Gasteiger partial charge in [0.05, 0.1) is 17.7 Å². The molecule has 1 atom stereocenters. The van der Waals surface area contributed by atoms with E-state index in [-0.39, 0.29) is 18.7 Å². The molecule has 0 aliphatic heterocycles. The number of thiazole rings is 1. The molecule has 0 aliphatic rings. The van der Waals surface area contributed by atoms with Crippen LogP contribution in [-0.2, 0) is 6.54 Å². The van der Waals surface area contributed by atoms with Crippen LogP contribution >= 0.6 is 11.3 Å². The predicted molar refractivity (Wildman–Crippen MR) is 58.7 cm³/mol. The second-order valence-electron chi connectivity index (χ2n) is 3.22. The van der Waals surface area contributed by atoms with Gasteiger partial charge in [-0.3, -0.25) is 0 Å². The van der Waals surface area contributed by atoms with Gasteiger partial charge in [0, 0.05) is 18.0 Å². The number of amides is 2. The number of rotatable bonds is 5. The highest BCUT2D eigenvalue weighted by Crippen LogP contribution is 1.99. The van der Waals surface area contributed by atoms with Crippen LogP contribution in [0.25, 0.3) is 0 Å². The van der Waals surface area contributed by atoms with Crippen molar-refractivity contribution in [1.82, 2.24) is 15.6 Å². The van der Waals surface area contributed by atoms with Gasteiger partial charge >= 0.3 is 6.03 Å². The molecule has 0 aliphatic carbocycles. The third-order valence-corrected chi connectivity index (χ3v) is 2.49. The van der Waals surface area contributed by atoms with Crippen molar-refractivity contribution in [3.05, 3.63) is 16.6 Å². The first kappa shape index (κ1) is 11.9. The maximum atomic E-state index is 11.3. The van der Waals surface area contributed by atoms with E-state index in [4.69, 9.17) is 5.11 Å². The molecule has 5 nitrogen and oxygen atoms in total. The lowest BCUT2D eigenvalue weighted by Crippen LogP contribution is -2.40. The Morgan fingerprint density at radius 3 is 3.13 bits per heavy atom. The molecule has 1 rings (SSSR count). The van der Waals surface area contributed by atoms with Crippen LogP contribution in [0.4, 0.5) is 4.79 Å². The van der Waals surface area contributed by atoms with Crippen LogP contribution in [0.1, 0.15) is 19.0 Å². The fourth-order valence-corrected chi connectivity index (χ4v) is 1.59. The van der Waals surface area contributed by atoms with Gasteiger partial charge in [-0.05, 0) is 13.3 Å². The quantitative estimate of drug-likeness (QED) is 0.696. The standard InChI is InChI=1S/C9H15N3O2S/c1-7(2-3-13)12-9(14)10-4-8-5-15-6-11-8/h5-7,13H,2-4H2,1H3,(H2,10,12,14)/t7-/m1/s1. The van der Waals surface area contributed by atoms with E-state index in [1.165, 1.54) is 11.3 Å². The molecular formula is C9H15N3O2S. The Kier molecular flexibility index (Phi) is 5.06. The predicted octanol–water partition coefficient (Wildman–Crippen LogP) is 0.713. The summed E-state index contributed by atoms with van der Waals surface area (Å²) >= 11 is 1.50. The summed E-state index contributed by atoms with van der Waals surface area (Å²) in [5.41, 5.74) is 2.58. The minimum Gasteiger partial charge on any atom is -0.396 e. The Hall–Kier alpha value is -1.14. The zero-order valence-corrected chi connectivity index (χ0v) is 9.38. The molecule has 0 bridgehead atoms. The number of aromatic nitrogens is 1. The summed E-state index contributed by atoms with van der Waals surface area (Å²) in [5, 5.41) is 15.9. The minimum atomic E-state index is -0.232. The summed E-state index contributed by atoms with van der Waals surface area (Å²) in [7, 11) is 0. The van der Waals surface area contributed by atoms with Gasteiger partial charge in [-0.1, -0.05) is 0 Å². The zero-order chi connectivity index (χ0) is 11.1. The van der Waals surface area contributed by atoms with Gasteiger partial charge in [0.25, 0.3) is 0 Å². The second-order valence-corrected chi connectivity index (χ2v) is 3.94. The molecule has 0 radical (unpaired) electrons. The number of carbonyl (C=O) groups excluding carboxylic acids is 1. The van der Waals surface area contributed by atoms with Crippen LogP contribution < -0.4 is 10.6 Å². The Bertz CT molecular complexity index is 290. The third-order valence-electron chi connectivity index (χ3n) is 1.85. The van der Waals surface area contributed by atoms with Crippen molar-refractivity contribution < 1.29 is 9.90 Å². The summed E-state index contributed by atoms with van der Waals surface area (Å²) < 4.78 is 0. The van der Waals surface area contributed by atoms with Crippen LogP contribution in [0.15, 0.2) is 10.9 Å². The number of hydrogen-bond donors (Lipinski definition) is 3. The molecule has 0 saturated heterocycles. The Balaban J connectivity index is 2.19. The molecule has 0 unspecified atom stereocenters. The Morgan fingerprint density at radius 2 is 2.53 bits per heavy atom. The van der Waals surface area contributed by atoms with E-state index in [9.17, 15) is 4.79 Å². The first-order chi connectivity index (χ1) is 7.22. The van der Waals surface area contributed by atoms with Gasteiger partial charge in [-0.15, -0.1) is 11.3 Å². The van der Waals surface area contributed by atoms with Gasteiger partial charge in [0.1, 0.15) is 0 Å². The molecule has 6 heteroatoms. The minimum absolute atomic E-state index is 0.0227. The summed E-state index contributed by atoms with van der Waals surface area (Å²) in [4.78, 5) is 15.3. The maximum Gasteiger partial charge on any atom is 0.315 e. The molecule has 0 spiro atoms. The number of carbonyl (C=O) groups is 1. The smallest absolute Gasteiger partial charge is 0.315 e. The van der Waals surface area contributed by atoms with E-state index in [1.54, 1.807) is 5.51 Å². The summed E-state index contributed by atoms with van der Waals surface area (Å²) in [5.74, 6) is 0. The van der Waals surface area contributed by atoms with Crippen LogP contribution in [0.2, 0.25) is 0 Å². The lowest BCUT2D eigenvalue weighted by atomic mass is 10.2. The second kappa shape index (κ2) is 6.36. The molecule has 0 saturated carbocycles. The Labute approximate surface area is 92.5 Å². The molecule has 1 aromatic rings. The van der Waals surface area contributed by atoms with E-state index in [1.807, 2.05) is 12.3 Å². The monoisotopic (exact) mass is 229 g/mol. The summed E-state index contributed by atoms with van der Waals surface area (Å²) in [6.45, 7) is 2.35. The van der Waals surface area contributed by atoms with Crippen molar-refractivity contribution in [2.24, 2.45) is 0 Å². The van der Waals surface area contributed by atoms with E-state index in [0.29, 0.717) is 13.0 Å². The number of nitrogens with zero attached hydrogens (tertiary/aromatic N) is 1. The van der Waals surface area contributed by atoms with Crippen LogP contribution in [0.3, 0.4) is 0 Å². The van der Waals surface area contributed by atoms with E-state index >= 15 is 0 Å². The highest BCUT2D eigenvalue weighted by atomic mass is 32.1. The van der Waals surface area contributed by atoms with Gasteiger partial charge < -0.3 is 15.7 Å². The van der Waals surface area contributed by atoms with Crippen molar-refractivity contribution in [2.45, 2.75) is 25.9 Å². The molecule has 1 aromatic heterocycles. The first-order valence-corrected chi connectivity index (χ1v) is 5.69.